The van der Waals surface area contributed by atoms with Gasteiger partial charge >= 0.3 is 0 Å². The van der Waals surface area contributed by atoms with E-state index < -0.39 is 0 Å². The molecule has 1 aromatic heterocycles. The van der Waals surface area contributed by atoms with Gasteiger partial charge in [0.25, 0.3) is 5.91 Å². The summed E-state index contributed by atoms with van der Waals surface area (Å²) in [7, 11) is 1.94. The third-order valence-corrected chi connectivity index (χ3v) is 3.29. The van der Waals surface area contributed by atoms with Crippen LogP contribution in [0, 0.1) is 5.92 Å². The Kier molecular flexibility index (Phi) is 5.99. The minimum absolute atomic E-state index is 0. The normalized spacial score (nSPS) is 19.4. The number of furan rings is 1. The van der Waals surface area contributed by atoms with Gasteiger partial charge in [0.05, 0.1) is 0 Å². The van der Waals surface area contributed by atoms with Crippen molar-refractivity contribution in [3.8, 4) is 0 Å². The molecule has 4 nitrogen and oxygen atoms in total. The topological polar surface area (TPSA) is 45.5 Å². The van der Waals surface area contributed by atoms with E-state index in [2.05, 4.69) is 5.32 Å². The summed E-state index contributed by atoms with van der Waals surface area (Å²) in [4.78, 5) is 14.0. The third kappa shape index (κ3) is 3.64. The van der Waals surface area contributed by atoms with Crippen LogP contribution in [0.1, 0.15) is 23.4 Å². The Balaban J connectivity index is 0.00000162. The summed E-state index contributed by atoms with van der Waals surface area (Å²) < 4.78 is 5.15. The summed E-state index contributed by atoms with van der Waals surface area (Å²) in [6.45, 7) is 2.54. The number of likely N-dealkylation sites (tertiary alicyclic amines) is 1. The summed E-state index contributed by atoms with van der Waals surface area (Å²) in [6.07, 6.45) is 2.22. The van der Waals surface area contributed by atoms with Crippen LogP contribution in [0.25, 0.3) is 0 Å². The van der Waals surface area contributed by atoms with E-state index in [1.165, 1.54) is 6.42 Å². The fraction of sp³-hybridized carbons (Fsp3) is 0.583. The molecule has 0 aromatic carbocycles. The van der Waals surface area contributed by atoms with E-state index in [9.17, 15) is 4.79 Å². The molecule has 0 radical (unpaired) electrons. The van der Waals surface area contributed by atoms with Gasteiger partial charge in [-0.25, -0.2) is 0 Å². The molecular weight excluding hydrogens is 275 g/mol. The second kappa shape index (κ2) is 7.02. The van der Waals surface area contributed by atoms with Crippen LogP contribution in [0.5, 0.6) is 0 Å². The summed E-state index contributed by atoms with van der Waals surface area (Å²) >= 11 is 5.67. The Morgan fingerprint density at radius 3 is 3.00 bits per heavy atom. The summed E-state index contributed by atoms with van der Waals surface area (Å²) in [5.41, 5.74) is 0. The first-order valence-electron chi connectivity index (χ1n) is 5.90. The number of halogens is 2. The molecule has 1 saturated heterocycles. The van der Waals surface area contributed by atoms with Gasteiger partial charge in [-0.2, -0.15) is 0 Å². The van der Waals surface area contributed by atoms with E-state index in [4.69, 9.17) is 16.0 Å². The number of piperidine rings is 1. The Bertz CT molecular complexity index is 393. The van der Waals surface area contributed by atoms with E-state index >= 15 is 0 Å². The van der Waals surface area contributed by atoms with Gasteiger partial charge in [-0.15, -0.1) is 12.4 Å². The Hall–Kier alpha value is -0.710. The van der Waals surface area contributed by atoms with E-state index in [0.717, 1.165) is 26.1 Å². The fourth-order valence-corrected chi connectivity index (χ4v) is 2.44. The molecule has 1 amide bonds. The molecule has 0 bridgehead atoms. The van der Waals surface area contributed by atoms with Crippen molar-refractivity contribution in [1.82, 2.24) is 10.2 Å². The van der Waals surface area contributed by atoms with Crippen molar-refractivity contribution in [2.45, 2.75) is 12.8 Å². The average Bonchev–Trinajstić information content (AvgIpc) is 2.76. The molecule has 0 saturated carbocycles. The maximum Gasteiger partial charge on any atom is 0.289 e. The number of hydrogen-bond donors (Lipinski definition) is 1. The Morgan fingerprint density at radius 2 is 2.39 bits per heavy atom. The van der Waals surface area contributed by atoms with Crippen LogP contribution in [0.2, 0.25) is 5.22 Å². The minimum atomic E-state index is -0.0577. The zero-order chi connectivity index (χ0) is 12.3. The first-order chi connectivity index (χ1) is 8.20. The lowest BCUT2D eigenvalue weighted by Crippen LogP contribution is -2.42. The molecule has 6 heteroatoms. The zero-order valence-electron chi connectivity index (χ0n) is 10.3. The second-order valence-electron chi connectivity index (χ2n) is 4.42. The predicted molar refractivity (Wildman–Crippen MR) is 73.5 cm³/mol. The summed E-state index contributed by atoms with van der Waals surface area (Å²) in [6, 6.07) is 3.23. The van der Waals surface area contributed by atoms with Crippen molar-refractivity contribution < 1.29 is 9.21 Å². The fourth-order valence-electron chi connectivity index (χ4n) is 2.29. The molecule has 0 aliphatic carbocycles. The third-order valence-electron chi connectivity index (χ3n) is 3.08. The van der Waals surface area contributed by atoms with Crippen LogP contribution < -0.4 is 5.32 Å². The van der Waals surface area contributed by atoms with Crippen molar-refractivity contribution in [1.29, 1.82) is 0 Å². The van der Waals surface area contributed by atoms with Crippen LogP contribution in [-0.4, -0.2) is 37.5 Å². The average molecular weight is 293 g/mol. The van der Waals surface area contributed by atoms with Crippen LogP contribution in [0.4, 0.5) is 0 Å². The molecule has 1 aliphatic rings. The van der Waals surface area contributed by atoms with Gasteiger partial charge in [0, 0.05) is 13.1 Å². The lowest BCUT2D eigenvalue weighted by atomic mass is 9.98. The van der Waals surface area contributed by atoms with Crippen LogP contribution in [0.3, 0.4) is 0 Å². The van der Waals surface area contributed by atoms with E-state index in [0.29, 0.717) is 11.7 Å². The number of nitrogens with zero attached hydrogens (tertiary/aromatic N) is 1. The van der Waals surface area contributed by atoms with Crippen LogP contribution >= 0.6 is 24.0 Å². The van der Waals surface area contributed by atoms with Crippen molar-refractivity contribution in [3.63, 3.8) is 0 Å². The summed E-state index contributed by atoms with van der Waals surface area (Å²) in [5.74, 6) is 0.806. The molecule has 18 heavy (non-hydrogen) atoms. The first kappa shape index (κ1) is 15.3. The number of carbonyl (C=O) groups is 1. The predicted octanol–water partition coefficient (Wildman–Crippen LogP) is 2.43. The Labute approximate surface area is 118 Å². The SMILES string of the molecule is CNCC1CCCN(C(=O)c2ccc(Cl)o2)C1.Cl. The highest BCUT2D eigenvalue weighted by Crippen LogP contribution is 2.20. The maximum absolute atomic E-state index is 12.1. The monoisotopic (exact) mass is 292 g/mol. The molecule has 1 unspecified atom stereocenters. The van der Waals surface area contributed by atoms with Gasteiger partial charge in [-0.1, -0.05) is 0 Å². The Morgan fingerprint density at radius 1 is 1.61 bits per heavy atom. The van der Waals surface area contributed by atoms with Gasteiger partial charge in [-0.3, -0.25) is 4.79 Å². The highest BCUT2D eigenvalue weighted by molar-refractivity contribution is 6.29. The lowest BCUT2D eigenvalue weighted by Gasteiger charge is -2.32. The number of rotatable bonds is 3. The molecule has 2 heterocycles. The number of carbonyl (C=O) groups excluding carboxylic acids is 1. The maximum atomic E-state index is 12.1. The quantitative estimate of drug-likeness (QED) is 0.931. The number of hydrogen-bond acceptors (Lipinski definition) is 3. The molecule has 1 aliphatic heterocycles. The standard InChI is InChI=1S/C12H17ClN2O2.ClH/c1-14-7-9-3-2-6-15(8-9)12(16)10-4-5-11(13)17-10;/h4-5,9,14H,2-3,6-8H2,1H3;1H. The van der Waals surface area contributed by atoms with Gasteiger partial charge in [0.1, 0.15) is 0 Å². The first-order valence-corrected chi connectivity index (χ1v) is 6.27. The van der Waals surface area contributed by atoms with Gasteiger partial charge < -0.3 is 14.6 Å². The van der Waals surface area contributed by atoms with Gasteiger partial charge in [0.15, 0.2) is 11.0 Å². The minimum Gasteiger partial charge on any atom is -0.440 e. The summed E-state index contributed by atoms with van der Waals surface area (Å²) in [5, 5.41) is 3.42. The lowest BCUT2D eigenvalue weighted by molar-refractivity contribution is 0.0642. The molecular formula is C12H18Cl2N2O2. The van der Waals surface area contributed by atoms with E-state index in [1.807, 2.05) is 11.9 Å². The van der Waals surface area contributed by atoms with Crippen LogP contribution in [0.15, 0.2) is 16.5 Å². The van der Waals surface area contributed by atoms with Crippen LogP contribution in [-0.2, 0) is 0 Å². The smallest absolute Gasteiger partial charge is 0.289 e. The highest BCUT2D eigenvalue weighted by Gasteiger charge is 2.25. The number of nitrogens with one attached hydrogen (secondary N) is 1. The van der Waals surface area contributed by atoms with Gasteiger partial charge in [-0.05, 0) is 56.1 Å². The van der Waals surface area contributed by atoms with Crippen molar-refractivity contribution >= 4 is 29.9 Å². The largest absolute Gasteiger partial charge is 0.440 e. The second-order valence-corrected chi connectivity index (χ2v) is 4.79. The molecule has 102 valence electrons. The van der Waals surface area contributed by atoms with Crippen molar-refractivity contribution in [2.75, 3.05) is 26.7 Å². The molecule has 0 spiro atoms. The molecule has 1 fully saturated rings. The van der Waals surface area contributed by atoms with Crippen molar-refractivity contribution in [2.24, 2.45) is 5.92 Å². The molecule has 2 rings (SSSR count). The zero-order valence-corrected chi connectivity index (χ0v) is 11.9. The van der Waals surface area contributed by atoms with Crippen molar-refractivity contribution in [3.05, 3.63) is 23.1 Å². The number of amides is 1. The van der Waals surface area contributed by atoms with Gasteiger partial charge in [0.2, 0.25) is 0 Å². The van der Waals surface area contributed by atoms with E-state index in [-0.39, 0.29) is 23.5 Å². The molecule has 1 atom stereocenters. The molecule has 1 aromatic rings. The highest BCUT2D eigenvalue weighted by atomic mass is 35.5. The van der Waals surface area contributed by atoms with E-state index in [1.54, 1.807) is 12.1 Å². The molecule has 1 N–H and O–H groups in total.